The lowest BCUT2D eigenvalue weighted by Gasteiger charge is -2.12. The molecular weight excluding hydrogens is 632 g/mol. The van der Waals surface area contributed by atoms with Gasteiger partial charge in [0.2, 0.25) is 0 Å². The summed E-state index contributed by atoms with van der Waals surface area (Å²) in [6.45, 7) is 0. The summed E-state index contributed by atoms with van der Waals surface area (Å²) < 4.78 is 0. The van der Waals surface area contributed by atoms with E-state index in [0.29, 0.717) is 22.3 Å². The van der Waals surface area contributed by atoms with Gasteiger partial charge in [0.05, 0.1) is 12.4 Å². The molecule has 50 heavy (non-hydrogen) atoms. The van der Waals surface area contributed by atoms with Crippen molar-refractivity contribution in [2.24, 2.45) is 10.2 Å². The highest BCUT2D eigenvalue weighted by atomic mass is 16.2. The van der Waals surface area contributed by atoms with Gasteiger partial charge in [-0.15, -0.1) is 0 Å². The van der Waals surface area contributed by atoms with Gasteiger partial charge in [0.1, 0.15) is 11.4 Å². The average molecular weight is 671 g/mol. The fraction of sp³-hybridized carbons (Fsp3) is 0.105. The number of carbonyl (C=O) groups excluding carboxylic acids is 4. The van der Waals surface area contributed by atoms with Crippen molar-refractivity contribution in [3.63, 3.8) is 0 Å². The zero-order chi connectivity index (χ0) is 35.9. The summed E-state index contributed by atoms with van der Waals surface area (Å²) >= 11 is 0. The molecule has 0 aromatic heterocycles. The highest BCUT2D eigenvalue weighted by Crippen LogP contribution is 2.16. The molecule has 4 aromatic carbocycles. The van der Waals surface area contributed by atoms with E-state index in [2.05, 4.69) is 31.7 Å². The third-order valence-corrected chi connectivity index (χ3v) is 7.05. The zero-order valence-corrected chi connectivity index (χ0v) is 28.1. The van der Waals surface area contributed by atoms with Crippen molar-refractivity contribution >= 4 is 59.6 Å². The van der Waals surface area contributed by atoms with Crippen LogP contribution in [0.4, 0.5) is 11.4 Å². The maximum atomic E-state index is 13.1. The normalized spacial score (nSPS) is 11.6. The molecule has 12 heteroatoms. The highest BCUT2D eigenvalue weighted by Gasteiger charge is 2.16. The van der Waals surface area contributed by atoms with E-state index in [-0.39, 0.29) is 11.4 Å². The molecule has 0 aliphatic carbocycles. The van der Waals surface area contributed by atoms with Gasteiger partial charge in [-0.2, -0.15) is 10.2 Å². The van der Waals surface area contributed by atoms with Crippen molar-refractivity contribution in [2.45, 2.75) is 0 Å². The number of anilines is 2. The van der Waals surface area contributed by atoms with E-state index in [4.69, 9.17) is 0 Å². The number of benzene rings is 4. The average Bonchev–Trinajstić information content (AvgIpc) is 3.13. The van der Waals surface area contributed by atoms with Gasteiger partial charge in [0, 0.05) is 50.7 Å². The molecule has 0 unspecified atom stereocenters. The molecule has 0 bridgehead atoms. The largest absolute Gasteiger partial charge is 0.378 e. The van der Waals surface area contributed by atoms with Crippen LogP contribution in [0, 0.1) is 0 Å². The van der Waals surface area contributed by atoms with Crippen LogP contribution in [0.15, 0.2) is 131 Å². The predicted octanol–water partition coefficient (Wildman–Crippen LogP) is 4.26. The molecule has 4 N–H and O–H groups in total. The Morgan fingerprint density at radius 1 is 0.500 bits per heavy atom. The van der Waals surface area contributed by atoms with E-state index in [1.165, 1.54) is 12.2 Å². The predicted molar refractivity (Wildman–Crippen MR) is 199 cm³/mol. The first-order valence-corrected chi connectivity index (χ1v) is 15.5. The summed E-state index contributed by atoms with van der Waals surface area (Å²) in [4.78, 5) is 55.8. The second-order valence-electron chi connectivity index (χ2n) is 11.2. The second-order valence-corrected chi connectivity index (χ2v) is 11.2. The molecule has 4 amide bonds. The van der Waals surface area contributed by atoms with E-state index in [1.54, 1.807) is 60.7 Å². The number of carbonyl (C=O) groups is 4. The van der Waals surface area contributed by atoms with Crippen molar-refractivity contribution in [1.82, 2.24) is 21.5 Å². The van der Waals surface area contributed by atoms with Gasteiger partial charge in [-0.3, -0.25) is 19.2 Å². The lowest BCUT2D eigenvalue weighted by molar-refractivity contribution is -0.118. The molecule has 0 atom stereocenters. The molecule has 12 nitrogen and oxygen atoms in total. The number of rotatable bonds is 13. The SMILES string of the molecule is CN(C)c1ccc(/C=C(\NC(=O)c2ccccc2)C(=O)N/N=C\C=N/NC(=O)/C(=C/c2ccc(N(C)C)cc2)NC(=O)c2ccccc2)cc1. The summed E-state index contributed by atoms with van der Waals surface area (Å²) in [6, 6.07) is 31.8. The Balaban J connectivity index is 1.44. The fourth-order valence-corrected chi connectivity index (χ4v) is 4.33. The van der Waals surface area contributed by atoms with Gasteiger partial charge in [0.15, 0.2) is 0 Å². The first-order valence-electron chi connectivity index (χ1n) is 15.5. The van der Waals surface area contributed by atoms with Gasteiger partial charge >= 0.3 is 0 Å². The number of hydrazone groups is 2. The van der Waals surface area contributed by atoms with Crippen LogP contribution in [-0.2, 0) is 9.59 Å². The van der Waals surface area contributed by atoms with Crippen LogP contribution in [0.3, 0.4) is 0 Å². The van der Waals surface area contributed by atoms with Crippen molar-refractivity contribution in [3.05, 3.63) is 143 Å². The van der Waals surface area contributed by atoms with E-state index in [1.807, 2.05) is 86.5 Å². The summed E-state index contributed by atoms with van der Waals surface area (Å²) in [5.74, 6) is -2.31. The standard InChI is InChI=1S/C38H38N8O4/c1-45(2)31-19-15-27(16-20-31)25-33(41-35(47)29-11-7-5-8-12-29)37(49)43-39-23-24-40-44-38(50)34(42-36(48)30-13-9-6-10-14-30)26-28-17-21-32(22-18-28)46(3)4/h5-26H,1-4H3,(H,41,47)(H,42,48)(H,43,49)(H,44,50)/b33-25-,34-26-,39-23-,40-24-. The molecule has 0 radical (unpaired) electrons. The van der Waals surface area contributed by atoms with Crippen LogP contribution in [0.25, 0.3) is 12.2 Å². The molecule has 0 spiro atoms. The molecular formula is C38H38N8O4. The molecule has 0 aliphatic rings. The minimum absolute atomic E-state index is 0.0404. The topological polar surface area (TPSA) is 148 Å². The number of nitrogens with one attached hydrogen (secondary N) is 4. The highest BCUT2D eigenvalue weighted by molar-refractivity contribution is 6.17. The Kier molecular flexibility index (Phi) is 12.9. The molecule has 0 heterocycles. The Morgan fingerprint density at radius 3 is 1.16 bits per heavy atom. The van der Waals surface area contributed by atoms with Crippen molar-refractivity contribution < 1.29 is 19.2 Å². The molecule has 0 saturated carbocycles. The van der Waals surface area contributed by atoms with Crippen LogP contribution in [0.5, 0.6) is 0 Å². The van der Waals surface area contributed by atoms with Gasteiger partial charge in [-0.05, 0) is 71.8 Å². The van der Waals surface area contributed by atoms with Crippen LogP contribution >= 0.6 is 0 Å². The summed E-state index contributed by atoms with van der Waals surface area (Å²) in [7, 11) is 7.67. The van der Waals surface area contributed by atoms with E-state index < -0.39 is 23.6 Å². The van der Waals surface area contributed by atoms with E-state index in [9.17, 15) is 19.2 Å². The number of hydrogen-bond acceptors (Lipinski definition) is 8. The summed E-state index contributed by atoms with van der Waals surface area (Å²) in [6.07, 6.45) is 5.36. The number of amides is 4. The number of hydrogen-bond donors (Lipinski definition) is 4. The first-order chi connectivity index (χ1) is 24.1. The van der Waals surface area contributed by atoms with Crippen LogP contribution in [-0.4, -0.2) is 64.2 Å². The Labute approximate surface area is 290 Å². The van der Waals surface area contributed by atoms with Gasteiger partial charge in [-0.25, -0.2) is 10.9 Å². The molecule has 0 fully saturated rings. The fourth-order valence-electron chi connectivity index (χ4n) is 4.33. The third kappa shape index (κ3) is 10.9. The summed E-state index contributed by atoms with van der Waals surface area (Å²) in [5.41, 5.74) is 8.67. The Bertz CT molecular complexity index is 1760. The van der Waals surface area contributed by atoms with Crippen molar-refractivity contribution in [1.29, 1.82) is 0 Å². The Hall–Kier alpha value is -6.82. The van der Waals surface area contributed by atoms with Crippen molar-refractivity contribution in [2.75, 3.05) is 38.0 Å². The van der Waals surface area contributed by atoms with Crippen LogP contribution in [0.1, 0.15) is 31.8 Å². The quantitative estimate of drug-likeness (QED) is 0.0950. The van der Waals surface area contributed by atoms with E-state index in [0.717, 1.165) is 23.8 Å². The maximum absolute atomic E-state index is 13.1. The van der Waals surface area contributed by atoms with Crippen LogP contribution < -0.4 is 31.3 Å². The molecule has 254 valence electrons. The van der Waals surface area contributed by atoms with E-state index >= 15 is 0 Å². The molecule has 4 rings (SSSR count). The third-order valence-electron chi connectivity index (χ3n) is 7.05. The minimum Gasteiger partial charge on any atom is -0.378 e. The summed E-state index contributed by atoms with van der Waals surface area (Å²) in [5, 5.41) is 13.0. The van der Waals surface area contributed by atoms with Gasteiger partial charge < -0.3 is 20.4 Å². The lowest BCUT2D eigenvalue weighted by Crippen LogP contribution is -2.33. The van der Waals surface area contributed by atoms with Gasteiger partial charge in [-0.1, -0.05) is 60.7 Å². The van der Waals surface area contributed by atoms with Crippen LogP contribution in [0.2, 0.25) is 0 Å². The molecule has 0 saturated heterocycles. The second kappa shape index (κ2) is 17.9. The number of nitrogens with zero attached hydrogens (tertiary/aromatic N) is 4. The lowest BCUT2D eigenvalue weighted by atomic mass is 10.1. The molecule has 4 aromatic rings. The zero-order valence-electron chi connectivity index (χ0n) is 28.1. The monoisotopic (exact) mass is 670 g/mol. The van der Waals surface area contributed by atoms with Crippen molar-refractivity contribution in [3.8, 4) is 0 Å². The maximum Gasteiger partial charge on any atom is 0.287 e. The smallest absolute Gasteiger partial charge is 0.287 e. The van der Waals surface area contributed by atoms with Gasteiger partial charge in [0.25, 0.3) is 23.6 Å². The minimum atomic E-state index is -0.686. The first kappa shape index (κ1) is 36.0. The molecule has 0 aliphatic heterocycles. The Morgan fingerprint density at radius 2 is 0.840 bits per heavy atom.